The monoisotopic (exact) mass is 518 g/mol. The summed E-state index contributed by atoms with van der Waals surface area (Å²) in [5.74, 6) is -5.19. The fourth-order valence-electron chi connectivity index (χ4n) is 4.92. The summed E-state index contributed by atoms with van der Waals surface area (Å²) in [4.78, 5) is 23.4. The molecule has 4 nitrogen and oxygen atoms in total. The van der Waals surface area contributed by atoms with Gasteiger partial charge in [0.25, 0.3) is 0 Å². The SMILES string of the molecule is CC(=O)Nc1ccc(F)[c]([Ti]([c]2c(F)ccc(NC(C)=O)c2F)([CH]2C=CC=C2)[CH]2C=CC=C2)c1F. The van der Waals surface area contributed by atoms with Crippen LogP contribution in [0.15, 0.2) is 72.9 Å². The number of carbonyl (C=O) groups is 2. The van der Waals surface area contributed by atoms with Gasteiger partial charge in [-0.3, -0.25) is 0 Å². The van der Waals surface area contributed by atoms with E-state index in [9.17, 15) is 9.59 Å². The number of halogens is 4. The Morgan fingerprint density at radius 2 is 1.00 bits per heavy atom. The van der Waals surface area contributed by atoms with E-state index in [4.69, 9.17) is 0 Å². The summed E-state index contributed by atoms with van der Waals surface area (Å²) in [5.41, 5.74) is -0.556. The van der Waals surface area contributed by atoms with Crippen LogP contribution >= 0.6 is 0 Å². The molecule has 0 heterocycles. The first-order valence-electron chi connectivity index (χ1n) is 10.9. The first-order valence-corrected chi connectivity index (χ1v) is 14.3. The van der Waals surface area contributed by atoms with E-state index >= 15 is 17.6 Å². The Morgan fingerprint density at radius 1 is 0.657 bits per heavy atom. The van der Waals surface area contributed by atoms with Crippen molar-refractivity contribution >= 4 is 30.9 Å². The molecule has 2 aromatic carbocycles. The van der Waals surface area contributed by atoms with Crippen LogP contribution in [0.3, 0.4) is 0 Å². The molecule has 0 saturated carbocycles. The molecule has 0 radical (unpaired) electrons. The van der Waals surface area contributed by atoms with Gasteiger partial charge in [-0.25, -0.2) is 0 Å². The van der Waals surface area contributed by atoms with Gasteiger partial charge in [-0.15, -0.1) is 0 Å². The zero-order valence-electron chi connectivity index (χ0n) is 18.9. The first-order chi connectivity index (χ1) is 16.7. The van der Waals surface area contributed by atoms with Gasteiger partial charge in [-0.05, 0) is 0 Å². The Morgan fingerprint density at radius 3 is 1.31 bits per heavy atom. The number of allylic oxidation sites excluding steroid dienone is 8. The molecule has 2 aromatic rings. The van der Waals surface area contributed by atoms with Crippen LogP contribution in [0.25, 0.3) is 0 Å². The average Bonchev–Trinajstić information content (AvgIpc) is 3.51. The quantitative estimate of drug-likeness (QED) is 0.414. The predicted octanol–water partition coefficient (Wildman–Crippen LogP) is 5.09. The van der Waals surface area contributed by atoms with Crippen molar-refractivity contribution in [1.29, 1.82) is 0 Å². The molecule has 0 fully saturated rings. The molecule has 0 aromatic heterocycles. The Kier molecular flexibility index (Phi) is 6.96. The number of amides is 2. The summed E-state index contributed by atoms with van der Waals surface area (Å²) < 4.78 is 61.5. The van der Waals surface area contributed by atoms with Gasteiger partial charge in [-0.2, -0.15) is 0 Å². The number of hydrogen-bond donors (Lipinski definition) is 2. The molecule has 2 aliphatic carbocycles. The Labute approximate surface area is 203 Å². The van der Waals surface area contributed by atoms with Crippen LogP contribution in [0.4, 0.5) is 28.9 Å². The second kappa shape index (κ2) is 9.80. The van der Waals surface area contributed by atoms with Crippen molar-refractivity contribution in [3.8, 4) is 0 Å². The van der Waals surface area contributed by atoms with E-state index in [1.54, 1.807) is 48.6 Å². The summed E-state index contributed by atoms with van der Waals surface area (Å²) in [6.07, 6.45) is 13.5. The summed E-state index contributed by atoms with van der Waals surface area (Å²) in [7, 11) is 0. The third kappa shape index (κ3) is 4.32. The minimum atomic E-state index is -4.94. The molecule has 180 valence electrons. The molecular weight excluding hydrogens is 496 g/mol. The number of nitrogens with one attached hydrogen (secondary N) is 2. The molecule has 0 bridgehead atoms. The van der Waals surface area contributed by atoms with E-state index in [-0.39, 0.29) is 11.4 Å². The van der Waals surface area contributed by atoms with Crippen LogP contribution in [0.1, 0.15) is 13.8 Å². The van der Waals surface area contributed by atoms with Crippen molar-refractivity contribution < 1.29 is 43.7 Å². The van der Waals surface area contributed by atoms with Crippen molar-refractivity contribution in [3.63, 3.8) is 0 Å². The number of hydrogen-bond acceptors (Lipinski definition) is 2. The molecule has 2 N–H and O–H groups in total. The molecule has 9 heteroatoms. The summed E-state index contributed by atoms with van der Waals surface area (Å²) in [6.45, 7) is 2.36. The van der Waals surface area contributed by atoms with Gasteiger partial charge in [0.05, 0.1) is 0 Å². The van der Waals surface area contributed by atoms with Crippen LogP contribution in [-0.4, -0.2) is 11.8 Å². The van der Waals surface area contributed by atoms with Crippen molar-refractivity contribution in [1.82, 2.24) is 0 Å². The molecule has 2 amide bonds. The van der Waals surface area contributed by atoms with E-state index in [1.807, 2.05) is 0 Å². The fraction of sp³-hybridized carbons (Fsp3) is 0.154. The van der Waals surface area contributed by atoms with Crippen LogP contribution in [0, 0.1) is 23.3 Å². The number of carbonyl (C=O) groups excluding carboxylic acids is 2. The molecule has 0 saturated heterocycles. The molecule has 35 heavy (non-hydrogen) atoms. The zero-order valence-corrected chi connectivity index (χ0v) is 20.5. The van der Waals surface area contributed by atoms with Crippen molar-refractivity contribution in [2.75, 3.05) is 10.6 Å². The van der Waals surface area contributed by atoms with Gasteiger partial charge >= 0.3 is 204 Å². The van der Waals surface area contributed by atoms with E-state index in [0.717, 1.165) is 24.3 Å². The Bertz CT molecular complexity index is 1210. The fourth-order valence-corrected chi connectivity index (χ4v) is 13.7. The summed E-state index contributed by atoms with van der Waals surface area (Å²) >= 11 is -4.94. The van der Waals surface area contributed by atoms with Crippen LogP contribution in [0.2, 0.25) is 8.45 Å². The van der Waals surface area contributed by atoms with Gasteiger partial charge in [0, 0.05) is 0 Å². The topological polar surface area (TPSA) is 58.2 Å². The summed E-state index contributed by atoms with van der Waals surface area (Å²) in [5, 5.41) is 4.69. The van der Waals surface area contributed by atoms with E-state index < -0.39 is 67.9 Å². The Hall–Kier alpha value is -3.23. The zero-order chi connectivity index (χ0) is 25.3. The van der Waals surface area contributed by atoms with E-state index in [1.165, 1.54) is 13.8 Å². The van der Waals surface area contributed by atoms with E-state index in [0.29, 0.717) is 0 Å². The van der Waals surface area contributed by atoms with Crippen molar-refractivity contribution in [3.05, 3.63) is 96.1 Å². The van der Waals surface area contributed by atoms with Crippen LogP contribution < -0.4 is 18.4 Å². The number of benzene rings is 2. The molecule has 2 aliphatic rings. The van der Waals surface area contributed by atoms with Crippen LogP contribution in [-0.2, 0) is 26.2 Å². The van der Waals surface area contributed by atoms with Gasteiger partial charge < -0.3 is 0 Å². The van der Waals surface area contributed by atoms with Gasteiger partial charge in [-0.1, -0.05) is 0 Å². The number of anilines is 2. The minimum absolute atomic E-state index is 0.278. The second-order valence-electron chi connectivity index (χ2n) is 8.39. The molecule has 0 spiro atoms. The van der Waals surface area contributed by atoms with Gasteiger partial charge in [0.2, 0.25) is 0 Å². The second-order valence-corrected chi connectivity index (χ2v) is 14.7. The van der Waals surface area contributed by atoms with Gasteiger partial charge in [0.15, 0.2) is 0 Å². The number of rotatable bonds is 6. The van der Waals surface area contributed by atoms with E-state index in [2.05, 4.69) is 10.6 Å². The standard InChI is InChI=1S/2C8H6F2NO.2C5H5.Ti/c2*1-5(12)11-8-3-2-6(9)4-7(8)10;2*1-2-4-5-3-1;/h2*2-3H,1H3,(H,11,12);2*1-5H;. The predicted molar refractivity (Wildman–Crippen MR) is 125 cm³/mol. The molecular formula is C26H22F4N2O2Ti. The normalized spacial score (nSPS) is 15.3. The molecule has 4 rings (SSSR count). The Balaban J connectivity index is 2.17. The molecule has 0 unspecified atom stereocenters. The van der Waals surface area contributed by atoms with Gasteiger partial charge in [0.1, 0.15) is 0 Å². The summed E-state index contributed by atoms with van der Waals surface area (Å²) in [6, 6.07) is 4.18. The maximum absolute atomic E-state index is 16.1. The van der Waals surface area contributed by atoms with Crippen molar-refractivity contribution in [2.45, 2.75) is 22.3 Å². The molecule has 0 aliphatic heterocycles. The van der Waals surface area contributed by atoms with Crippen LogP contribution in [0.5, 0.6) is 0 Å². The maximum atomic E-state index is 16.1. The molecule has 0 atom stereocenters. The third-order valence-corrected chi connectivity index (χ3v) is 14.7. The third-order valence-electron chi connectivity index (χ3n) is 6.18. The average molecular weight is 518 g/mol. The first kappa shape index (κ1) is 24.9. The van der Waals surface area contributed by atoms with Crippen molar-refractivity contribution in [2.24, 2.45) is 0 Å².